The van der Waals surface area contributed by atoms with Gasteiger partial charge < -0.3 is 10.6 Å². The monoisotopic (exact) mass is 292 g/mol. The van der Waals surface area contributed by atoms with Gasteiger partial charge in [0.05, 0.1) is 16.4 Å². The lowest BCUT2D eigenvalue weighted by Crippen LogP contribution is -2.16. The minimum absolute atomic E-state index is 0.0847. The van der Waals surface area contributed by atoms with E-state index >= 15 is 0 Å². The van der Waals surface area contributed by atoms with Crippen LogP contribution in [-0.4, -0.2) is 23.9 Å². The second-order valence-electron chi connectivity index (χ2n) is 5.27. The van der Waals surface area contributed by atoms with E-state index in [9.17, 15) is 0 Å². The molecule has 0 saturated heterocycles. The molecule has 1 unspecified atom stereocenters. The Morgan fingerprint density at radius 2 is 1.90 bits per heavy atom. The molecule has 4 nitrogen and oxygen atoms in total. The third-order valence-corrected chi connectivity index (χ3v) is 4.00. The minimum Gasteiger partial charge on any atom is -0.378 e. The van der Waals surface area contributed by atoms with Crippen LogP contribution in [0.3, 0.4) is 0 Å². The first-order valence-corrected chi connectivity index (χ1v) is 6.98. The summed E-state index contributed by atoms with van der Waals surface area (Å²) in [7, 11) is 5.94. The molecule has 0 radical (unpaired) electrons. The van der Waals surface area contributed by atoms with E-state index in [0.29, 0.717) is 11.4 Å². The Morgan fingerprint density at radius 1 is 1.30 bits per heavy atom. The average molecular weight is 293 g/mol. The number of halogens is 1. The van der Waals surface area contributed by atoms with E-state index in [4.69, 9.17) is 17.3 Å². The molecule has 108 valence electrons. The largest absolute Gasteiger partial charge is 0.378 e. The molecule has 5 heteroatoms. The number of nitrogens with zero attached hydrogens (tertiary/aromatic N) is 3. The van der Waals surface area contributed by atoms with Gasteiger partial charge in [-0.3, -0.25) is 4.68 Å². The highest BCUT2D eigenvalue weighted by molar-refractivity contribution is 6.31. The lowest BCUT2D eigenvalue weighted by Gasteiger charge is -2.16. The Bertz CT molecular complexity index is 587. The first-order valence-electron chi connectivity index (χ1n) is 6.61. The van der Waals surface area contributed by atoms with Gasteiger partial charge >= 0.3 is 0 Å². The van der Waals surface area contributed by atoms with Gasteiger partial charge in [0.2, 0.25) is 0 Å². The zero-order valence-electron chi connectivity index (χ0n) is 12.4. The molecule has 1 heterocycles. The van der Waals surface area contributed by atoms with Crippen LogP contribution in [0, 0.1) is 6.92 Å². The predicted octanol–water partition coefficient (Wildman–Crippen LogP) is 2.69. The highest BCUT2D eigenvalue weighted by Crippen LogP contribution is 2.25. The maximum atomic E-state index is 6.29. The Labute approximate surface area is 125 Å². The highest BCUT2D eigenvalue weighted by Gasteiger charge is 2.15. The van der Waals surface area contributed by atoms with Crippen molar-refractivity contribution >= 4 is 17.3 Å². The zero-order valence-corrected chi connectivity index (χ0v) is 13.1. The topological polar surface area (TPSA) is 47.1 Å². The lowest BCUT2D eigenvalue weighted by molar-refractivity contribution is 0.640. The van der Waals surface area contributed by atoms with Crippen molar-refractivity contribution in [2.24, 2.45) is 12.8 Å². The molecular weight excluding hydrogens is 272 g/mol. The van der Waals surface area contributed by atoms with Crippen LogP contribution < -0.4 is 10.6 Å². The van der Waals surface area contributed by atoms with Crippen LogP contribution in [0.15, 0.2) is 24.3 Å². The summed E-state index contributed by atoms with van der Waals surface area (Å²) in [6, 6.07) is 8.20. The van der Waals surface area contributed by atoms with Gasteiger partial charge in [-0.05, 0) is 24.6 Å². The van der Waals surface area contributed by atoms with E-state index in [-0.39, 0.29) is 6.04 Å². The summed E-state index contributed by atoms with van der Waals surface area (Å²) in [4.78, 5) is 2.07. The molecule has 1 aromatic carbocycles. The maximum absolute atomic E-state index is 6.29. The van der Waals surface area contributed by atoms with Gasteiger partial charge in [0.15, 0.2) is 0 Å². The fourth-order valence-electron chi connectivity index (χ4n) is 2.25. The lowest BCUT2D eigenvalue weighted by atomic mass is 10.0. The van der Waals surface area contributed by atoms with Gasteiger partial charge in [-0.2, -0.15) is 5.10 Å². The SMILES string of the molecule is Cc1nn(C)c(CC(N)c2ccc(N(C)C)cc2)c1Cl. The van der Waals surface area contributed by atoms with Gasteiger partial charge in [-0.1, -0.05) is 23.7 Å². The first kappa shape index (κ1) is 14.9. The Morgan fingerprint density at radius 3 is 2.35 bits per heavy atom. The van der Waals surface area contributed by atoms with Crippen LogP contribution in [-0.2, 0) is 13.5 Å². The van der Waals surface area contributed by atoms with Crippen LogP contribution in [0.5, 0.6) is 0 Å². The van der Waals surface area contributed by atoms with Crippen LogP contribution in [0.1, 0.15) is 23.0 Å². The molecule has 1 aromatic heterocycles. The number of nitrogens with two attached hydrogens (primary N) is 1. The Kier molecular flexibility index (Phi) is 4.35. The number of hydrogen-bond acceptors (Lipinski definition) is 3. The van der Waals surface area contributed by atoms with E-state index < -0.39 is 0 Å². The second-order valence-corrected chi connectivity index (χ2v) is 5.64. The maximum Gasteiger partial charge on any atom is 0.0847 e. The molecule has 0 spiro atoms. The van der Waals surface area contributed by atoms with Gasteiger partial charge in [0, 0.05) is 39.3 Å². The smallest absolute Gasteiger partial charge is 0.0847 e. The average Bonchev–Trinajstić information content (AvgIpc) is 2.65. The van der Waals surface area contributed by atoms with Crippen molar-refractivity contribution in [3.8, 4) is 0 Å². The van der Waals surface area contributed by atoms with Crippen molar-refractivity contribution < 1.29 is 0 Å². The van der Waals surface area contributed by atoms with Crippen molar-refractivity contribution in [1.29, 1.82) is 0 Å². The van der Waals surface area contributed by atoms with E-state index in [0.717, 1.165) is 22.6 Å². The molecule has 0 fully saturated rings. The van der Waals surface area contributed by atoms with E-state index in [1.54, 1.807) is 0 Å². The van der Waals surface area contributed by atoms with Crippen LogP contribution in [0.2, 0.25) is 5.02 Å². The minimum atomic E-state index is -0.0847. The third kappa shape index (κ3) is 2.97. The first-order chi connectivity index (χ1) is 9.40. The molecule has 2 rings (SSSR count). The molecule has 0 aliphatic rings. The normalized spacial score (nSPS) is 12.5. The number of anilines is 1. The summed E-state index contributed by atoms with van der Waals surface area (Å²) < 4.78 is 1.81. The second kappa shape index (κ2) is 5.85. The highest BCUT2D eigenvalue weighted by atomic mass is 35.5. The Hall–Kier alpha value is -1.52. The fraction of sp³-hybridized carbons (Fsp3) is 0.400. The molecule has 0 bridgehead atoms. The number of aryl methyl sites for hydroxylation is 2. The van der Waals surface area contributed by atoms with Gasteiger partial charge in [-0.25, -0.2) is 0 Å². The molecule has 0 aliphatic carbocycles. The molecular formula is C15H21ClN4. The van der Waals surface area contributed by atoms with Gasteiger partial charge in [-0.15, -0.1) is 0 Å². The molecule has 2 aromatic rings. The summed E-state index contributed by atoms with van der Waals surface area (Å²) in [6.07, 6.45) is 0.678. The van der Waals surface area contributed by atoms with Crippen LogP contribution in [0.25, 0.3) is 0 Å². The van der Waals surface area contributed by atoms with E-state index in [1.165, 1.54) is 0 Å². The van der Waals surface area contributed by atoms with Crippen molar-refractivity contribution in [2.45, 2.75) is 19.4 Å². The predicted molar refractivity (Wildman–Crippen MR) is 84.4 cm³/mol. The third-order valence-electron chi connectivity index (χ3n) is 3.51. The summed E-state index contributed by atoms with van der Waals surface area (Å²) in [5, 5.41) is 5.03. The summed E-state index contributed by atoms with van der Waals surface area (Å²) >= 11 is 6.27. The van der Waals surface area contributed by atoms with Gasteiger partial charge in [0.25, 0.3) is 0 Å². The van der Waals surface area contributed by atoms with E-state index in [1.807, 2.05) is 32.7 Å². The summed E-state index contributed by atoms with van der Waals surface area (Å²) in [6.45, 7) is 1.91. The Balaban J connectivity index is 2.17. The van der Waals surface area contributed by atoms with Crippen LogP contribution >= 0.6 is 11.6 Å². The van der Waals surface area contributed by atoms with Gasteiger partial charge in [0.1, 0.15) is 0 Å². The van der Waals surface area contributed by atoms with Crippen molar-refractivity contribution in [3.63, 3.8) is 0 Å². The molecule has 0 aliphatic heterocycles. The number of benzene rings is 1. The standard InChI is InChI=1S/C15H21ClN4/c1-10-15(16)14(20(4)18-10)9-13(17)11-5-7-12(8-6-11)19(2)3/h5-8,13H,9,17H2,1-4H3. The number of rotatable bonds is 4. The molecule has 0 saturated carbocycles. The fourth-order valence-corrected chi connectivity index (χ4v) is 2.48. The molecule has 1 atom stereocenters. The molecule has 0 amide bonds. The van der Waals surface area contributed by atoms with Crippen molar-refractivity contribution in [1.82, 2.24) is 9.78 Å². The van der Waals surface area contributed by atoms with Crippen molar-refractivity contribution in [3.05, 3.63) is 46.2 Å². The summed E-state index contributed by atoms with van der Waals surface area (Å²) in [5.41, 5.74) is 10.4. The van der Waals surface area contributed by atoms with E-state index in [2.05, 4.69) is 34.3 Å². The molecule has 20 heavy (non-hydrogen) atoms. The van der Waals surface area contributed by atoms with Crippen LogP contribution in [0.4, 0.5) is 5.69 Å². The molecule has 2 N–H and O–H groups in total. The number of hydrogen-bond donors (Lipinski definition) is 1. The summed E-state index contributed by atoms with van der Waals surface area (Å²) in [5.74, 6) is 0. The van der Waals surface area contributed by atoms with Crippen molar-refractivity contribution in [2.75, 3.05) is 19.0 Å². The zero-order chi connectivity index (χ0) is 14.9. The number of aromatic nitrogens is 2. The quantitative estimate of drug-likeness (QED) is 0.942.